The highest BCUT2D eigenvalue weighted by Gasteiger charge is 2.26. The van der Waals surface area contributed by atoms with Crippen LogP contribution in [0.2, 0.25) is 0 Å². The number of fused-ring (bicyclic) bond motifs is 1. The lowest BCUT2D eigenvalue weighted by atomic mass is 10.0. The van der Waals surface area contributed by atoms with Gasteiger partial charge in [-0.15, -0.1) is 0 Å². The van der Waals surface area contributed by atoms with Crippen LogP contribution in [0.4, 0.5) is 0 Å². The molecule has 1 aliphatic heterocycles. The van der Waals surface area contributed by atoms with Gasteiger partial charge in [0, 0.05) is 30.4 Å². The van der Waals surface area contributed by atoms with Gasteiger partial charge in [-0.1, -0.05) is 18.2 Å². The summed E-state index contributed by atoms with van der Waals surface area (Å²) in [4.78, 5) is 2.13. The van der Waals surface area contributed by atoms with Gasteiger partial charge >= 0.3 is 0 Å². The highest BCUT2D eigenvalue weighted by atomic mass is 15.2. The molecular weight excluding hydrogens is 284 g/mol. The fraction of sp³-hybridized carbons (Fsp3) is 0.368. The molecule has 4 nitrogen and oxygen atoms in total. The minimum atomic E-state index is 0.221. The Morgan fingerprint density at radius 2 is 1.87 bits per heavy atom. The molecule has 1 aromatic heterocycles. The van der Waals surface area contributed by atoms with Gasteiger partial charge in [-0.2, -0.15) is 0 Å². The third-order valence-corrected chi connectivity index (χ3v) is 4.58. The molecule has 23 heavy (non-hydrogen) atoms. The van der Waals surface area contributed by atoms with Gasteiger partial charge in [0.2, 0.25) is 0 Å². The van der Waals surface area contributed by atoms with E-state index in [2.05, 4.69) is 43.9 Å². The van der Waals surface area contributed by atoms with Crippen LogP contribution in [-0.2, 0) is 13.0 Å². The molecule has 0 spiro atoms. The summed E-state index contributed by atoms with van der Waals surface area (Å²) in [7, 11) is 0. The molecule has 1 unspecified atom stereocenters. The standard InChI is InChI=1S/C19H24N4/c1-13(2)23-12-16-8-7-15(11-17(16)19(23)21)10-14(3)22-9-5-4-6-18(22)20/h4-9,11,13-14,20-21H,10,12H2,1-3H3. The van der Waals surface area contributed by atoms with Crippen LogP contribution in [-0.4, -0.2) is 21.3 Å². The van der Waals surface area contributed by atoms with Gasteiger partial charge in [0.25, 0.3) is 0 Å². The maximum Gasteiger partial charge on any atom is 0.128 e. The van der Waals surface area contributed by atoms with Crippen LogP contribution in [0.1, 0.15) is 43.5 Å². The number of aromatic nitrogens is 1. The highest BCUT2D eigenvalue weighted by Crippen LogP contribution is 2.26. The van der Waals surface area contributed by atoms with Gasteiger partial charge in [0.1, 0.15) is 11.3 Å². The Labute approximate surface area is 137 Å². The smallest absolute Gasteiger partial charge is 0.128 e. The van der Waals surface area contributed by atoms with Crippen molar-refractivity contribution in [3.05, 3.63) is 64.8 Å². The Hall–Kier alpha value is -2.36. The first kappa shape index (κ1) is 15.5. The van der Waals surface area contributed by atoms with E-state index < -0.39 is 0 Å². The molecule has 1 aliphatic rings. The van der Waals surface area contributed by atoms with E-state index in [1.807, 2.05) is 29.0 Å². The fourth-order valence-corrected chi connectivity index (χ4v) is 3.25. The molecule has 2 heterocycles. The number of amidine groups is 1. The van der Waals surface area contributed by atoms with Crippen molar-refractivity contribution in [3.63, 3.8) is 0 Å². The molecule has 3 rings (SSSR count). The molecule has 0 bridgehead atoms. The molecule has 2 aromatic rings. The molecular formula is C19H24N4. The third kappa shape index (κ3) is 2.93. The number of nitrogens with one attached hydrogen (secondary N) is 2. The average molecular weight is 308 g/mol. The zero-order chi connectivity index (χ0) is 16.6. The maximum absolute atomic E-state index is 8.39. The lowest BCUT2D eigenvalue weighted by Crippen LogP contribution is -2.30. The number of benzene rings is 1. The van der Waals surface area contributed by atoms with Crippen LogP contribution in [0.15, 0.2) is 42.6 Å². The van der Waals surface area contributed by atoms with Gasteiger partial charge in [-0.25, -0.2) is 0 Å². The van der Waals surface area contributed by atoms with E-state index in [0.717, 1.165) is 18.5 Å². The summed E-state index contributed by atoms with van der Waals surface area (Å²) in [5, 5.41) is 16.4. The molecule has 1 atom stereocenters. The first-order valence-electron chi connectivity index (χ1n) is 8.16. The predicted octanol–water partition coefficient (Wildman–Crippen LogP) is 3.32. The van der Waals surface area contributed by atoms with Gasteiger partial charge in [0.05, 0.1) is 0 Å². The lowest BCUT2D eigenvalue weighted by molar-refractivity contribution is 0.355. The van der Waals surface area contributed by atoms with E-state index >= 15 is 0 Å². The summed E-state index contributed by atoms with van der Waals surface area (Å²) >= 11 is 0. The molecule has 4 heteroatoms. The zero-order valence-corrected chi connectivity index (χ0v) is 14.0. The van der Waals surface area contributed by atoms with Crippen molar-refractivity contribution in [3.8, 4) is 0 Å². The Kier molecular flexibility index (Phi) is 4.07. The van der Waals surface area contributed by atoms with Gasteiger partial charge in [-0.3, -0.25) is 10.8 Å². The molecule has 0 amide bonds. The van der Waals surface area contributed by atoms with E-state index in [9.17, 15) is 0 Å². The van der Waals surface area contributed by atoms with Gasteiger partial charge < -0.3 is 9.47 Å². The van der Waals surface area contributed by atoms with Crippen molar-refractivity contribution in [2.45, 2.75) is 45.8 Å². The molecule has 0 saturated carbocycles. The Morgan fingerprint density at radius 3 is 2.57 bits per heavy atom. The van der Waals surface area contributed by atoms with Crippen molar-refractivity contribution in [1.82, 2.24) is 9.47 Å². The maximum atomic E-state index is 8.39. The van der Waals surface area contributed by atoms with E-state index in [0.29, 0.717) is 17.4 Å². The largest absolute Gasteiger partial charge is 0.350 e. The molecule has 0 aliphatic carbocycles. The van der Waals surface area contributed by atoms with Gasteiger partial charge in [0.15, 0.2) is 0 Å². The third-order valence-electron chi connectivity index (χ3n) is 4.58. The minimum absolute atomic E-state index is 0.221. The highest BCUT2D eigenvalue weighted by molar-refractivity contribution is 6.00. The quantitative estimate of drug-likeness (QED) is 0.894. The van der Waals surface area contributed by atoms with E-state index in [1.165, 1.54) is 11.1 Å². The van der Waals surface area contributed by atoms with Crippen LogP contribution >= 0.6 is 0 Å². The summed E-state index contributed by atoms with van der Waals surface area (Å²) in [5.74, 6) is 0.637. The van der Waals surface area contributed by atoms with Crippen LogP contribution in [0, 0.1) is 10.8 Å². The Balaban J connectivity index is 1.83. The van der Waals surface area contributed by atoms with Crippen LogP contribution in [0.5, 0.6) is 0 Å². The molecule has 2 N–H and O–H groups in total. The second-order valence-electron chi connectivity index (χ2n) is 6.61. The molecule has 120 valence electrons. The van der Waals surface area contributed by atoms with Crippen molar-refractivity contribution >= 4 is 5.84 Å². The number of nitrogens with zero attached hydrogens (tertiary/aromatic N) is 2. The van der Waals surface area contributed by atoms with E-state index in [-0.39, 0.29) is 6.04 Å². The predicted molar refractivity (Wildman–Crippen MR) is 92.7 cm³/mol. The first-order chi connectivity index (χ1) is 11.0. The monoisotopic (exact) mass is 308 g/mol. The lowest BCUT2D eigenvalue weighted by Gasteiger charge is -2.22. The SMILES string of the molecule is CC(C)N1Cc2ccc(CC(C)n3ccccc3=N)cc2C1=N. The zero-order valence-electron chi connectivity index (χ0n) is 14.0. The van der Waals surface area contributed by atoms with Crippen LogP contribution < -0.4 is 5.49 Å². The summed E-state index contributed by atoms with van der Waals surface area (Å²) < 4.78 is 1.99. The number of rotatable bonds is 4. The normalized spacial score (nSPS) is 15.1. The van der Waals surface area contributed by atoms with Crippen molar-refractivity contribution in [2.24, 2.45) is 0 Å². The summed E-state index contributed by atoms with van der Waals surface area (Å²) in [5.41, 5.74) is 4.06. The summed E-state index contributed by atoms with van der Waals surface area (Å²) in [6, 6.07) is 12.7. The molecule has 0 fully saturated rings. The van der Waals surface area contributed by atoms with Crippen LogP contribution in [0.3, 0.4) is 0 Å². The first-order valence-corrected chi connectivity index (χ1v) is 8.16. The topological polar surface area (TPSA) is 55.9 Å². The Morgan fingerprint density at radius 1 is 1.09 bits per heavy atom. The fourth-order valence-electron chi connectivity index (χ4n) is 3.25. The van der Waals surface area contributed by atoms with Gasteiger partial charge in [-0.05, 0) is 56.5 Å². The summed E-state index contributed by atoms with van der Waals surface area (Å²) in [6.45, 7) is 7.24. The molecule has 0 radical (unpaired) electrons. The molecule has 1 aromatic carbocycles. The van der Waals surface area contributed by atoms with E-state index in [4.69, 9.17) is 10.8 Å². The minimum Gasteiger partial charge on any atom is -0.350 e. The number of hydrogen-bond acceptors (Lipinski definition) is 2. The number of pyridine rings is 1. The van der Waals surface area contributed by atoms with Crippen LogP contribution in [0.25, 0.3) is 0 Å². The average Bonchev–Trinajstić information content (AvgIpc) is 2.85. The van der Waals surface area contributed by atoms with E-state index in [1.54, 1.807) is 0 Å². The second-order valence-corrected chi connectivity index (χ2v) is 6.61. The van der Waals surface area contributed by atoms with Crippen molar-refractivity contribution < 1.29 is 0 Å². The van der Waals surface area contributed by atoms with Crippen molar-refractivity contribution in [1.29, 1.82) is 10.8 Å². The number of hydrogen-bond donors (Lipinski definition) is 2. The van der Waals surface area contributed by atoms with Crippen molar-refractivity contribution in [2.75, 3.05) is 0 Å². The second kappa shape index (κ2) is 6.03. The summed E-state index contributed by atoms with van der Waals surface area (Å²) in [6.07, 6.45) is 2.83. The Bertz CT molecular complexity index is 788. The molecule has 0 saturated heterocycles.